The smallest absolute Gasteiger partial charge is 0.537 e. The number of unbranched alkanes of at least 4 members (excludes halogenated alkanes) is 3. The van der Waals surface area contributed by atoms with Gasteiger partial charge in [0.15, 0.2) is 0 Å². The molecule has 0 aromatic heterocycles. The quantitative estimate of drug-likeness (QED) is 0.557. The standard InChI is InChI=1S/C18H22BO2/c20-19-21-18-14-8-13-17(15-18)12-5-2-1-4-9-16-10-6-3-7-11-16/h3,6-8,10-11,13-15,20H,1-2,4-5,9,12H2. The molecule has 0 amide bonds. The van der Waals surface area contributed by atoms with Crippen molar-refractivity contribution in [2.45, 2.75) is 38.5 Å². The van der Waals surface area contributed by atoms with Crippen LogP contribution in [0, 0.1) is 0 Å². The lowest BCUT2D eigenvalue weighted by Gasteiger charge is -2.06. The highest BCUT2D eigenvalue weighted by Crippen LogP contribution is 2.16. The van der Waals surface area contributed by atoms with Gasteiger partial charge in [0.25, 0.3) is 0 Å². The second-order valence-corrected chi connectivity index (χ2v) is 5.27. The molecule has 0 unspecified atom stereocenters. The number of aryl methyl sites for hydroxylation is 2. The van der Waals surface area contributed by atoms with E-state index < -0.39 is 0 Å². The van der Waals surface area contributed by atoms with Crippen molar-refractivity contribution in [1.29, 1.82) is 0 Å². The van der Waals surface area contributed by atoms with Crippen LogP contribution < -0.4 is 4.65 Å². The molecule has 0 heterocycles. The third-order valence-corrected chi connectivity index (χ3v) is 3.61. The van der Waals surface area contributed by atoms with E-state index in [4.69, 9.17) is 9.68 Å². The Balaban J connectivity index is 1.60. The zero-order valence-corrected chi connectivity index (χ0v) is 12.4. The molecule has 0 fully saturated rings. The monoisotopic (exact) mass is 281 g/mol. The molecule has 0 aliphatic heterocycles. The normalized spacial score (nSPS) is 10.3. The van der Waals surface area contributed by atoms with Crippen LogP contribution in [0.25, 0.3) is 0 Å². The molecule has 0 aliphatic rings. The Morgan fingerprint density at radius 3 is 2.14 bits per heavy atom. The molecule has 0 aliphatic carbocycles. The van der Waals surface area contributed by atoms with Crippen molar-refractivity contribution in [1.82, 2.24) is 0 Å². The van der Waals surface area contributed by atoms with Gasteiger partial charge in [-0.1, -0.05) is 55.3 Å². The van der Waals surface area contributed by atoms with Crippen molar-refractivity contribution >= 4 is 7.69 Å². The summed E-state index contributed by atoms with van der Waals surface area (Å²) in [5.41, 5.74) is 2.69. The van der Waals surface area contributed by atoms with Crippen LogP contribution in [-0.2, 0) is 12.8 Å². The van der Waals surface area contributed by atoms with Gasteiger partial charge in [-0.05, 0) is 48.9 Å². The first-order valence-corrected chi connectivity index (χ1v) is 7.64. The fourth-order valence-electron chi connectivity index (χ4n) is 2.49. The first-order valence-electron chi connectivity index (χ1n) is 7.64. The largest absolute Gasteiger partial charge is 0.569 e. The summed E-state index contributed by atoms with van der Waals surface area (Å²) in [6.45, 7) is 0. The highest BCUT2D eigenvalue weighted by molar-refractivity contribution is 6.17. The van der Waals surface area contributed by atoms with Gasteiger partial charge < -0.3 is 9.68 Å². The van der Waals surface area contributed by atoms with Crippen molar-refractivity contribution in [3.63, 3.8) is 0 Å². The lowest BCUT2D eigenvalue weighted by molar-refractivity contribution is 0.453. The van der Waals surface area contributed by atoms with Gasteiger partial charge >= 0.3 is 7.69 Å². The van der Waals surface area contributed by atoms with Crippen molar-refractivity contribution in [2.75, 3.05) is 0 Å². The summed E-state index contributed by atoms with van der Waals surface area (Å²) in [7, 11) is 0.725. The molecular formula is C18H22BO2. The molecular weight excluding hydrogens is 259 g/mol. The Morgan fingerprint density at radius 2 is 1.43 bits per heavy atom. The molecule has 2 aromatic rings. The average molecular weight is 281 g/mol. The Morgan fingerprint density at radius 1 is 0.762 bits per heavy atom. The topological polar surface area (TPSA) is 29.5 Å². The van der Waals surface area contributed by atoms with Crippen LogP contribution in [0.5, 0.6) is 5.75 Å². The molecule has 2 aromatic carbocycles. The zero-order valence-electron chi connectivity index (χ0n) is 12.4. The van der Waals surface area contributed by atoms with Crippen molar-refractivity contribution < 1.29 is 9.68 Å². The molecule has 0 spiro atoms. The minimum atomic E-state index is 0.694. The van der Waals surface area contributed by atoms with E-state index in [2.05, 4.69) is 36.4 Å². The number of rotatable bonds is 9. The molecule has 0 atom stereocenters. The SMILES string of the molecule is O[B]Oc1cccc(CCCCCCc2ccccc2)c1. The van der Waals surface area contributed by atoms with Crippen LogP contribution in [0.15, 0.2) is 54.6 Å². The number of hydrogen-bond acceptors (Lipinski definition) is 2. The predicted molar refractivity (Wildman–Crippen MR) is 87.4 cm³/mol. The van der Waals surface area contributed by atoms with Gasteiger partial charge in [-0.2, -0.15) is 0 Å². The second-order valence-electron chi connectivity index (χ2n) is 5.27. The third-order valence-electron chi connectivity index (χ3n) is 3.61. The maximum Gasteiger partial charge on any atom is 0.569 e. The van der Waals surface area contributed by atoms with Gasteiger partial charge in [-0.3, -0.25) is 0 Å². The van der Waals surface area contributed by atoms with Crippen molar-refractivity contribution in [3.8, 4) is 5.75 Å². The molecule has 0 saturated carbocycles. The van der Waals surface area contributed by atoms with E-state index in [1.165, 1.54) is 43.2 Å². The fraction of sp³-hybridized carbons (Fsp3) is 0.333. The Hall–Kier alpha value is -1.74. The zero-order chi connectivity index (χ0) is 14.8. The average Bonchev–Trinajstić information content (AvgIpc) is 2.52. The summed E-state index contributed by atoms with van der Waals surface area (Å²) in [5, 5.41) is 8.63. The van der Waals surface area contributed by atoms with E-state index in [0.717, 1.165) is 14.1 Å². The van der Waals surface area contributed by atoms with Gasteiger partial charge in [0.2, 0.25) is 0 Å². The molecule has 1 radical (unpaired) electrons. The highest BCUT2D eigenvalue weighted by atomic mass is 16.5. The molecule has 21 heavy (non-hydrogen) atoms. The van der Waals surface area contributed by atoms with E-state index in [0.29, 0.717) is 5.75 Å². The van der Waals surface area contributed by atoms with E-state index >= 15 is 0 Å². The van der Waals surface area contributed by atoms with Gasteiger partial charge in [-0.15, -0.1) is 0 Å². The van der Waals surface area contributed by atoms with Gasteiger partial charge in [-0.25, -0.2) is 0 Å². The minimum absolute atomic E-state index is 0.694. The lowest BCUT2D eigenvalue weighted by atomic mass is 10.0. The Kier molecular flexibility index (Phi) is 6.89. The second kappa shape index (κ2) is 9.25. The van der Waals surface area contributed by atoms with E-state index in [9.17, 15) is 0 Å². The van der Waals surface area contributed by atoms with Crippen molar-refractivity contribution in [3.05, 3.63) is 65.7 Å². The lowest BCUT2D eigenvalue weighted by Crippen LogP contribution is -2.00. The van der Waals surface area contributed by atoms with Gasteiger partial charge in [0.05, 0.1) is 0 Å². The molecule has 2 nitrogen and oxygen atoms in total. The van der Waals surface area contributed by atoms with E-state index in [1.807, 2.05) is 18.2 Å². The summed E-state index contributed by atoms with van der Waals surface area (Å²) < 4.78 is 4.97. The molecule has 0 bridgehead atoms. The van der Waals surface area contributed by atoms with Crippen LogP contribution >= 0.6 is 0 Å². The fourth-order valence-corrected chi connectivity index (χ4v) is 2.49. The van der Waals surface area contributed by atoms with Crippen molar-refractivity contribution in [2.24, 2.45) is 0 Å². The minimum Gasteiger partial charge on any atom is -0.537 e. The van der Waals surface area contributed by atoms with Crippen LogP contribution in [0.4, 0.5) is 0 Å². The molecule has 0 saturated heterocycles. The molecule has 3 heteroatoms. The maximum absolute atomic E-state index is 8.63. The molecule has 2 rings (SSSR count). The van der Waals surface area contributed by atoms with Gasteiger partial charge in [0.1, 0.15) is 5.75 Å². The maximum atomic E-state index is 8.63. The first kappa shape index (κ1) is 15.6. The molecule has 109 valence electrons. The Labute approximate surface area is 128 Å². The number of hydrogen-bond donors (Lipinski definition) is 1. The Bertz CT molecular complexity index is 514. The number of benzene rings is 2. The third kappa shape index (κ3) is 6.05. The van der Waals surface area contributed by atoms with Crippen LogP contribution in [0.2, 0.25) is 0 Å². The summed E-state index contributed by atoms with van der Waals surface area (Å²) in [4.78, 5) is 0. The summed E-state index contributed by atoms with van der Waals surface area (Å²) in [6, 6.07) is 18.6. The van der Waals surface area contributed by atoms with Gasteiger partial charge in [0, 0.05) is 0 Å². The first-order chi connectivity index (χ1) is 10.4. The van der Waals surface area contributed by atoms with Crippen LogP contribution in [0.3, 0.4) is 0 Å². The van der Waals surface area contributed by atoms with Crippen LogP contribution in [0.1, 0.15) is 36.8 Å². The van der Waals surface area contributed by atoms with Crippen LogP contribution in [-0.4, -0.2) is 12.7 Å². The summed E-state index contributed by atoms with van der Waals surface area (Å²) >= 11 is 0. The summed E-state index contributed by atoms with van der Waals surface area (Å²) in [6.07, 6.45) is 7.22. The van der Waals surface area contributed by atoms with E-state index in [-0.39, 0.29) is 0 Å². The molecule has 1 N–H and O–H groups in total. The predicted octanol–water partition coefficient (Wildman–Crippen LogP) is 3.94. The van der Waals surface area contributed by atoms with E-state index in [1.54, 1.807) is 0 Å². The summed E-state index contributed by atoms with van der Waals surface area (Å²) in [5.74, 6) is 0.694. The highest BCUT2D eigenvalue weighted by Gasteiger charge is 1.98.